The van der Waals surface area contributed by atoms with Gasteiger partial charge in [-0.15, -0.1) is 0 Å². The number of carbonyl (C=O) groups excluding carboxylic acids is 2. The van der Waals surface area contributed by atoms with Gasteiger partial charge in [0.15, 0.2) is 0 Å². The van der Waals surface area contributed by atoms with Gasteiger partial charge >= 0.3 is 0 Å². The second kappa shape index (κ2) is 13.2. The zero-order valence-corrected chi connectivity index (χ0v) is 25.9. The molecule has 2 atom stereocenters. The first kappa shape index (κ1) is 30.6. The van der Waals surface area contributed by atoms with Gasteiger partial charge in [0.05, 0.1) is 10.6 Å². The van der Waals surface area contributed by atoms with Gasteiger partial charge < -0.3 is 10.2 Å². The van der Waals surface area contributed by atoms with Crippen molar-refractivity contribution < 1.29 is 18.0 Å². The highest BCUT2D eigenvalue weighted by molar-refractivity contribution is 7.93. The van der Waals surface area contributed by atoms with Crippen LogP contribution < -0.4 is 9.62 Å². The molecule has 1 aliphatic heterocycles. The Labute approximate surface area is 258 Å². The van der Waals surface area contributed by atoms with E-state index in [4.69, 9.17) is 11.6 Å². The van der Waals surface area contributed by atoms with Gasteiger partial charge in [-0.05, 0) is 60.5 Å². The summed E-state index contributed by atoms with van der Waals surface area (Å²) in [6, 6.07) is 26.9. The molecular weight excluding hydrogens is 582 g/mol. The van der Waals surface area contributed by atoms with E-state index < -0.39 is 16.1 Å². The van der Waals surface area contributed by atoms with E-state index in [1.807, 2.05) is 74.5 Å². The third kappa shape index (κ3) is 6.71. The largest absolute Gasteiger partial charge is 0.352 e. The van der Waals surface area contributed by atoms with E-state index in [1.165, 1.54) is 4.31 Å². The van der Waals surface area contributed by atoms with Crippen molar-refractivity contribution in [2.45, 2.75) is 63.1 Å². The highest BCUT2D eigenvalue weighted by Gasteiger charge is 2.36. The lowest BCUT2D eigenvalue weighted by molar-refractivity contribution is -0.141. The zero-order valence-electron chi connectivity index (χ0n) is 24.4. The van der Waals surface area contributed by atoms with Crippen molar-refractivity contribution in [2.24, 2.45) is 0 Å². The van der Waals surface area contributed by atoms with Gasteiger partial charge in [-0.3, -0.25) is 13.9 Å². The van der Waals surface area contributed by atoms with Gasteiger partial charge in [0.25, 0.3) is 10.0 Å². The second-order valence-corrected chi connectivity index (χ2v) is 13.3. The number of amides is 2. The van der Waals surface area contributed by atoms with Gasteiger partial charge in [-0.2, -0.15) is 0 Å². The number of nitrogens with zero attached hydrogens (tertiary/aromatic N) is 2. The lowest BCUT2D eigenvalue weighted by Crippen LogP contribution is -2.52. The second-order valence-electron chi connectivity index (χ2n) is 11.0. The maximum atomic E-state index is 14.0. The number of anilines is 1. The van der Waals surface area contributed by atoms with E-state index >= 15 is 0 Å². The van der Waals surface area contributed by atoms with Crippen LogP contribution in [-0.2, 0) is 32.6 Å². The normalized spacial score (nSPS) is 14.8. The van der Waals surface area contributed by atoms with E-state index in [0.29, 0.717) is 33.8 Å². The number of hydrogen-bond acceptors (Lipinski definition) is 4. The topological polar surface area (TPSA) is 86.8 Å². The molecule has 0 aromatic heterocycles. The number of halogens is 1. The molecule has 4 aromatic rings. The quantitative estimate of drug-likeness (QED) is 0.201. The van der Waals surface area contributed by atoms with Crippen molar-refractivity contribution in [1.29, 1.82) is 0 Å². The fourth-order valence-electron chi connectivity index (χ4n) is 5.54. The van der Waals surface area contributed by atoms with Crippen LogP contribution in [-0.4, -0.2) is 43.8 Å². The molecule has 0 bridgehead atoms. The minimum atomic E-state index is -3.73. The van der Waals surface area contributed by atoms with E-state index in [1.54, 1.807) is 35.2 Å². The molecule has 0 radical (unpaired) electrons. The molecule has 1 N–H and O–H groups in total. The number of hydrogen-bond donors (Lipinski definition) is 1. The summed E-state index contributed by atoms with van der Waals surface area (Å²) in [4.78, 5) is 29.6. The van der Waals surface area contributed by atoms with E-state index in [9.17, 15) is 18.0 Å². The first-order chi connectivity index (χ1) is 20.7. The smallest absolute Gasteiger partial charge is 0.265 e. The molecule has 9 heteroatoms. The van der Waals surface area contributed by atoms with Crippen LogP contribution in [0.25, 0.3) is 10.8 Å². The SMILES string of the molecule is CC[C@@H](C)NC(=O)[C@@H](Cc1ccccc1)N(Cc1cccc(Cl)c1)C(=O)CCCN1c2cccc3cccc(c23)S1(=O)=O. The standard InChI is InChI=1S/C34H36ClN3O4S/c1-3-24(2)36-34(40)30(22-25-11-5-4-6-12-25)37(23-26-13-7-16-28(35)21-26)32(39)19-10-20-38-29-17-8-14-27-15-9-18-31(33(27)29)43(38,41)42/h4-9,11-18,21,24,30H,3,10,19-20,22-23H2,1-2H3,(H,36,40)/t24-,30-/m1/s1. The summed E-state index contributed by atoms with van der Waals surface area (Å²) < 4.78 is 28.3. The molecule has 0 fully saturated rings. The summed E-state index contributed by atoms with van der Waals surface area (Å²) in [5.74, 6) is -0.453. The molecule has 4 aromatic carbocycles. The van der Waals surface area contributed by atoms with E-state index in [0.717, 1.165) is 22.9 Å². The van der Waals surface area contributed by atoms with Crippen molar-refractivity contribution in [3.63, 3.8) is 0 Å². The predicted octanol–water partition coefficient (Wildman–Crippen LogP) is 6.34. The molecule has 7 nitrogen and oxygen atoms in total. The Morgan fingerprint density at radius 3 is 2.35 bits per heavy atom. The van der Waals surface area contributed by atoms with E-state index in [2.05, 4.69) is 5.32 Å². The molecule has 1 aliphatic rings. The Hall–Kier alpha value is -3.88. The molecule has 2 amide bonds. The van der Waals surface area contributed by atoms with Gasteiger partial charge in [0.1, 0.15) is 6.04 Å². The number of nitrogens with one attached hydrogen (secondary N) is 1. The monoisotopic (exact) mass is 617 g/mol. The summed E-state index contributed by atoms with van der Waals surface area (Å²) in [7, 11) is -3.73. The van der Waals surface area contributed by atoms with Crippen LogP contribution in [0.3, 0.4) is 0 Å². The van der Waals surface area contributed by atoms with Gasteiger partial charge in [0.2, 0.25) is 11.8 Å². The third-order valence-corrected chi connectivity index (χ3v) is 10.0. The summed E-state index contributed by atoms with van der Waals surface area (Å²) in [6.07, 6.45) is 1.46. The fourth-order valence-corrected chi connectivity index (χ4v) is 7.51. The van der Waals surface area contributed by atoms with Crippen molar-refractivity contribution in [2.75, 3.05) is 10.8 Å². The highest BCUT2D eigenvalue weighted by atomic mass is 35.5. The van der Waals surface area contributed by atoms with Crippen LogP contribution in [0.4, 0.5) is 5.69 Å². The van der Waals surface area contributed by atoms with Gasteiger partial charge in [0, 0.05) is 42.4 Å². The van der Waals surface area contributed by atoms with Crippen molar-refractivity contribution in [3.05, 3.63) is 107 Å². The average molecular weight is 618 g/mol. The molecule has 224 valence electrons. The number of sulfonamides is 1. The Morgan fingerprint density at radius 1 is 0.930 bits per heavy atom. The summed E-state index contributed by atoms with van der Waals surface area (Å²) in [6.45, 7) is 4.28. The molecule has 0 unspecified atom stereocenters. The Bertz CT molecular complexity index is 1720. The molecule has 0 saturated heterocycles. The van der Waals surface area contributed by atoms with Gasteiger partial charge in [-0.25, -0.2) is 8.42 Å². The number of carbonyl (C=O) groups is 2. The van der Waals surface area contributed by atoms with Crippen molar-refractivity contribution in [1.82, 2.24) is 10.2 Å². The number of rotatable bonds is 12. The Kier molecular flexibility index (Phi) is 9.37. The molecule has 5 rings (SSSR count). The van der Waals surface area contributed by atoms with Crippen LogP contribution >= 0.6 is 11.6 Å². The molecule has 43 heavy (non-hydrogen) atoms. The highest BCUT2D eigenvalue weighted by Crippen LogP contribution is 2.42. The Morgan fingerprint density at radius 2 is 1.63 bits per heavy atom. The maximum absolute atomic E-state index is 14.0. The molecule has 0 spiro atoms. The van der Waals surface area contributed by atoms with Crippen molar-refractivity contribution in [3.8, 4) is 0 Å². The summed E-state index contributed by atoms with van der Waals surface area (Å²) in [5.41, 5.74) is 2.37. The van der Waals surface area contributed by atoms with Gasteiger partial charge in [-0.1, -0.05) is 85.3 Å². The molecule has 0 saturated carbocycles. The van der Waals surface area contributed by atoms with Crippen LogP contribution in [0.5, 0.6) is 0 Å². The zero-order chi connectivity index (χ0) is 30.6. The lowest BCUT2D eigenvalue weighted by Gasteiger charge is -2.32. The maximum Gasteiger partial charge on any atom is 0.265 e. The van der Waals surface area contributed by atoms with Crippen LogP contribution in [0.2, 0.25) is 5.02 Å². The fraction of sp³-hybridized carbons (Fsp3) is 0.294. The summed E-state index contributed by atoms with van der Waals surface area (Å²) in [5, 5.41) is 5.19. The predicted molar refractivity (Wildman–Crippen MR) is 172 cm³/mol. The van der Waals surface area contributed by atoms with Crippen LogP contribution in [0, 0.1) is 0 Å². The average Bonchev–Trinajstić information content (AvgIpc) is 3.22. The molecule has 1 heterocycles. The number of benzene rings is 4. The van der Waals surface area contributed by atoms with E-state index in [-0.39, 0.29) is 37.4 Å². The minimum absolute atomic E-state index is 0.0568. The minimum Gasteiger partial charge on any atom is -0.352 e. The molecule has 0 aliphatic carbocycles. The molecular formula is C34H36ClN3O4S. The Balaban J connectivity index is 1.40. The third-order valence-electron chi connectivity index (χ3n) is 7.95. The van der Waals surface area contributed by atoms with Crippen molar-refractivity contribution >= 4 is 49.9 Å². The van der Waals surface area contributed by atoms with Crippen LogP contribution in [0.1, 0.15) is 44.2 Å². The first-order valence-corrected chi connectivity index (χ1v) is 16.4. The lowest BCUT2D eigenvalue weighted by atomic mass is 10.0. The van der Waals surface area contributed by atoms with Crippen LogP contribution in [0.15, 0.2) is 95.9 Å². The summed E-state index contributed by atoms with van der Waals surface area (Å²) >= 11 is 6.28. The first-order valence-electron chi connectivity index (χ1n) is 14.6.